The van der Waals surface area contributed by atoms with E-state index in [1.54, 1.807) is 12.3 Å². The Labute approximate surface area is 111 Å². The van der Waals surface area contributed by atoms with Crippen molar-refractivity contribution in [2.24, 2.45) is 0 Å². The normalized spacial score (nSPS) is 16.1. The predicted molar refractivity (Wildman–Crippen MR) is 69.5 cm³/mol. The predicted octanol–water partition coefficient (Wildman–Crippen LogP) is 2.32. The second kappa shape index (κ2) is 5.14. The van der Waals surface area contributed by atoms with E-state index in [0.29, 0.717) is 23.1 Å². The molecule has 0 radical (unpaired) electrons. The molecule has 1 aliphatic heterocycles. The minimum atomic E-state index is 0.431. The highest BCUT2D eigenvalue weighted by molar-refractivity contribution is 5.53. The van der Waals surface area contributed by atoms with Crippen molar-refractivity contribution >= 4 is 5.95 Å². The Bertz CT molecular complexity index is 586. The van der Waals surface area contributed by atoms with E-state index >= 15 is 0 Å². The van der Waals surface area contributed by atoms with Gasteiger partial charge >= 0.3 is 0 Å². The maximum atomic E-state index is 8.79. The van der Waals surface area contributed by atoms with E-state index in [-0.39, 0.29) is 0 Å². The molecular weight excluding hydrogens is 242 g/mol. The van der Waals surface area contributed by atoms with Crippen LogP contribution >= 0.6 is 0 Å². The first-order valence-corrected chi connectivity index (χ1v) is 6.54. The zero-order valence-electron chi connectivity index (χ0n) is 10.6. The Balaban J connectivity index is 1.80. The first-order chi connectivity index (χ1) is 9.36. The number of nitriles is 1. The maximum absolute atomic E-state index is 8.79. The van der Waals surface area contributed by atoms with Gasteiger partial charge in [0.25, 0.3) is 11.8 Å². The Morgan fingerprint density at radius 1 is 1.26 bits per heavy atom. The van der Waals surface area contributed by atoms with Crippen LogP contribution in [0.3, 0.4) is 0 Å². The number of aromatic nitrogens is 3. The third-order valence-electron chi connectivity index (χ3n) is 3.35. The molecule has 0 amide bonds. The Morgan fingerprint density at radius 2 is 2.05 bits per heavy atom. The Hall–Kier alpha value is -2.29. The van der Waals surface area contributed by atoms with E-state index in [1.165, 1.54) is 25.7 Å². The fourth-order valence-corrected chi connectivity index (χ4v) is 2.31. The van der Waals surface area contributed by atoms with Crippen LogP contribution in [0.5, 0.6) is 0 Å². The Kier molecular flexibility index (Phi) is 3.19. The standard InChI is InChI=1S/C13H15N5O/c14-8-10-7-11(15-9-10)12-16-13(17-19-12)18-5-3-1-2-4-6-18/h7,9,15H,1-6H2. The average molecular weight is 257 g/mol. The molecule has 6 nitrogen and oxygen atoms in total. The molecule has 0 unspecified atom stereocenters. The third-order valence-corrected chi connectivity index (χ3v) is 3.35. The van der Waals surface area contributed by atoms with Crippen molar-refractivity contribution in [2.45, 2.75) is 25.7 Å². The summed E-state index contributed by atoms with van der Waals surface area (Å²) in [6.45, 7) is 1.96. The minimum Gasteiger partial charge on any atom is -0.356 e. The van der Waals surface area contributed by atoms with Crippen LogP contribution in [0.1, 0.15) is 31.2 Å². The van der Waals surface area contributed by atoms with E-state index < -0.39 is 0 Å². The van der Waals surface area contributed by atoms with E-state index in [4.69, 9.17) is 9.78 Å². The Morgan fingerprint density at radius 3 is 2.74 bits per heavy atom. The van der Waals surface area contributed by atoms with Crippen molar-refractivity contribution in [3.8, 4) is 17.7 Å². The smallest absolute Gasteiger partial charge is 0.275 e. The molecule has 0 spiro atoms. The number of H-pyrrole nitrogens is 1. The van der Waals surface area contributed by atoms with Gasteiger partial charge in [0.05, 0.1) is 5.56 Å². The second-order valence-corrected chi connectivity index (χ2v) is 4.71. The van der Waals surface area contributed by atoms with Gasteiger partial charge in [-0.2, -0.15) is 10.2 Å². The molecule has 19 heavy (non-hydrogen) atoms. The molecule has 1 fully saturated rings. The molecule has 0 aromatic carbocycles. The molecule has 3 rings (SSSR count). The van der Waals surface area contributed by atoms with Crippen LogP contribution in [-0.2, 0) is 0 Å². The number of aromatic amines is 1. The third kappa shape index (κ3) is 2.45. The number of anilines is 1. The van der Waals surface area contributed by atoms with Gasteiger partial charge in [0, 0.05) is 19.3 Å². The number of nitrogens with zero attached hydrogens (tertiary/aromatic N) is 4. The molecule has 0 aliphatic carbocycles. The van der Waals surface area contributed by atoms with Gasteiger partial charge in [0.2, 0.25) is 0 Å². The van der Waals surface area contributed by atoms with Crippen molar-refractivity contribution in [1.82, 2.24) is 15.1 Å². The summed E-state index contributed by atoms with van der Waals surface area (Å²) in [7, 11) is 0. The van der Waals surface area contributed by atoms with E-state index in [1.807, 2.05) is 0 Å². The summed E-state index contributed by atoms with van der Waals surface area (Å²) in [5.41, 5.74) is 1.25. The van der Waals surface area contributed by atoms with E-state index in [2.05, 4.69) is 26.1 Å². The van der Waals surface area contributed by atoms with Gasteiger partial charge in [-0.3, -0.25) is 0 Å². The zero-order valence-corrected chi connectivity index (χ0v) is 10.6. The summed E-state index contributed by atoms with van der Waals surface area (Å²) < 4.78 is 5.26. The molecule has 3 heterocycles. The van der Waals surface area contributed by atoms with Crippen LogP contribution in [0.4, 0.5) is 5.95 Å². The second-order valence-electron chi connectivity index (χ2n) is 4.71. The van der Waals surface area contributed by atoms with Gasteiger partial charge in [0.1, 0.15) is 11.8 Å². The van der Waals surface area contributed by atoms with Crippen LogP contribution in [-0.4, -0.2) is 28.2 Å². The fourth-order valence-electron chi connectivity index (χ4n) is 2.31. The molecule has 1 saturated heterocycles. The topological polar surface area (TPSA) is 81.7 Å². The number of rotatable bonds is 2. The van der Waals surface area contributed by atoms with Crippen LogP contribution < -0.4 is 4.90 Å². The van der Waals surface area contributed by atoms with Crippen molar-refractivity contribution in [1.29, 1.82) is 5.26 Å². The highest BCUT2D eigenvalue weighted by atomic mass is 16.5. The summed E-state index contributed by atoms with van der Waals surface area (Å²) >= 11 is 0. The van der Waals surface area contributed by atoms with E-state index in [0.717, 1.165) is 13.1 Å². The first-order valence-electron chi connectivity index (χ1n) is 6.54. The van der Waals surface area contributed by atoms with Crippen LogP contribution in [0.25, 0.3) is 11.6 Å². The monoisotopic (exact) mass is 257 g/mol. The lowest BCUT2D eigenvalue weighted by molar-refractivity contribution is 0.428. The summed E-state index contributed by atoms with van der Waals surface area (Å²) in [5.74, 6) is 1.07. The molecule has 98 valence electrons. The highest BCUT2D eigenvalue weighted by Gasteiger charge is 2.17. The number of hydrogen-bond donors (Lipinski definition) is 1. The average Bonchev–Trinajstić information content (AvgIpc) is 3.02. The van der Waals surface area contributed by atoms with Crippen molar-refractivity contribution in [3.05, 3.63) is 17.8 Å². The lowest BCUT2D eigenvalue weighted by atomic mass is 10.2. The molecule has 2 aromatic heterocycles. The zero-order chi connectivity index (χ0) is 13.1. The highest BCUT2D eigenvalue weighted by Crippen LogP contribution is 2.21. The number of nitrogens with one attached hydrogen (secondary N) is 1. The molecular formula is C13H15N5O. The van der Waals surface area contributed by atoms with Gasteiger partial charge in [-0.05, 0) is 24.1 Å². The summed E-state index contributed by atoms with van der Waals surface area (Å²) in [5, 5.41) is 12.8. The summed E-state index contributed by atoms with van der Waals surface area (Å²) in [4.78, 5) is 9.53. The van der Waals surface area contributed by atoms with Crippen LogP contribution in [0, 0.1) is 11.3 Å². The van der Waals surface area contributed by atoms with E-state index in [9.17, 15) is 0 Å². The largest absolute Gasteiger partial charge is 0.356 e. The SMILES string of the molecule is N#Cc1c[nH]c(-c2nc(N3CCCCCC3)no2)c1. The molecule has 6 heteroatoms. The van der Waals surface area contributed by atoms with Gasteiger partial charge in [0.15, 0.2) is 0 Å². The molecule has 0 atom stereocenters. The molecule has 2 aromatic rings. The van der Waals surface area contributed by atoms with Crippen molar-refractivity contribution < 1.29 is 4.52 Å². The molecule has 1 N–H and O–H groups in total. The first kappa shape index (κ1) is 11.8. The van der Waals surface area contributed by atoms with Crippen LogP contribution in [0.2, 0.25) is 0 Å². The molecule has 0 bridgehead atoms. The van der Waals surface area contributed by atoms with Gasteiger partial charge < -0.3 is 14.4 Å². The quantitative estimate of drug-likeness (QED) is 0.892. The van der Waals surface area contributed by atoms with Crippen LogP contribution in [0.15, 0.2) is 16.8 Å². The minimum absolute atomic E-state index is 0.431. The maximum Gasteiger partial charge on any atom is 0.275 e. The fraction of sp³-hybridized carbons (Fsp3) is 0.462. The van der Waals surface area contributed by atoms with Gasteiger partial charge in [-0.15, -0.1) is 0 Å². The van der Waals surface area contributed by atoms with Crippen molar-refractivity contribution in [2.75, 3.05) is 18.0 Å². The van der Waals surface area contributed by atoms with Crippen molar-refractivity contribution in [3.63, 3.8) is 0 Å². The molecule has 0 saturated carbocycles. The summed E-state index contributed by atoms with van der Waals surface area (Å²) in [6.07, 6.45) is 6.51. The van der Waals surface area contributed by atoms with Gasteiger partial charge in [-0.1, -0.05) is 12.8 Å². The number of hydrogen-bond acceptors (Lipinski definition) is 5. The lowest BCUT2D eigenvalue weighted by Crippen LogP contribution is -2.24. The van der Waals surface area contributed by atoms with Gasteiger partial charge in [-0.25, -0.2) is 0 Å². The lowest BCUT2D eigenvalue weighted by Gasteiger charge is -2.16. The molecule has 1 aliphatic rings. The summed E-state index contributed by atoms with van der Waals surface area (Å²) in [6, 6.07) is 3.77.